The molecule has 18 nitrogen and oxygen atoms in total. The summed E-state index contributed by atoms with van der Waals surface area (Å²) in [6.45, 7) is 7.58. The lowest BCUT2D eigenvalue weighted by Gasteiger charge is -2.32. The van der Waals surface area contributed by atoms with Crippen LogP contribution in [0.1, 0.15) is 48.4 Å². The average Bonchev–Trinajstić information content (AvgIpc) is 1.57. The highest BCUT2D eigenvalue weighted by Crippen LogP contribution is 2.44. The zero-order valence-corrected chi connectivity index (χ0v) is 55.4. The molecule has 0 atom stereocenters. The molecule has 1 aliphatic rings. The van der Waals surface area contributed by atoms with E-state index in [2.05, 4.69) is 36.8 Å². The first-order valence-corrected chi connectivity index (χ1v) is 33.5. The van der Waals surface area contributed by atoms with E-state index in [1.807, 2.05) is 64.1 Å². The molecule has 8 aromatic carbocycles. The van der Waals surface area contributed by atoms with Crippen LogP contribution in [0.2, 0.25) is 0 Å². The van der Waals surface area contributed by atoms with Crippen LogP contribution < -0.4 is 24.7 Å². The number of fused-ring (bicyclic) bond motifs is 4. The van der Waals surface area contributed by atoms with E-state index in [0.717, 1.165) is 47.6 Å². The average molecular weight is 1380 g/mol. The van der Waals surface area contributed by atoms with Gasteiger partial charge in [0.25, 0.3) is 11.8 Å². The van der Waals surface area contributed by atoms with E-state index in [0.29, 0.717) is 61.1 Å². The Morgan fingerprint density at radius 2 is 0.904 bits per heavy atom. The molecule has 1 fully saturated rings. The highest BCUT2D eigenvalue weighted by molar-refractivity contribution is 9.10. The number of benzene rings is 8. The molecule has 0 unspecified atom stereocenters. The van der Waals surface area contributed by atoms with Crippen LogP contribution in [0.25, 0.3) is 88.9 Å². The van der Waals surface area contributed by atoms with Gasteiger partial charge in [0.05, 0.1) is 81.0 Å². The standard InChI is InChI=1S/C31H24F2N4O4S.C24H28BFN2O6S.C13H8BrFN2/c1-34-31(38)29-25-15-24(19-4-5-20-17-35-37(26(20)14-19)23-12-10-22(33)11-13-23)27(36(2)42(3,39)40)16-28(25)41-30(29)18-6-8-21(32)9-7-18;1-23(2)24(3,4)34-25(33-23)17-12-16-19(13-18(17)28(6)35(7,30)31)32-21(20(16)22(29)27-5)14-8-10-15(26)11-9-14;14-10-2-1-9-8-16-17(13(9)7-10)12-5-3-11(15)4-6-12/h4-17H,1-3H3,(H,34,38);8-13H,1-7H3,(H,27,29);1-8H. The van der Waals surface area contributed by atoms with Crippen LogP contribution in [-0.2, 0) is 29.4 Å². The van der Waals surface area contributed by atoms with E-state index in [1.54, 1.807) is 70.3 Å². The minimum Gasteiger partial charge on any atom is -0.455 e. The maximum atomic E-state index is 13.7. The lowest BCUT2D eigenvalue weighted by Crippen LogP contribution is -2.41. The van der Waals surface area contributed by atoms with Gasteiger partial charge in [0.15, 0.2) is 0 Å². The summed E-state index contributed by atoms with van der Waals surface area (Å²) in [6, 6.07) is 41.3. The highest BCUT2D eigenvalue weighted by Gasteiger charge is 2.53. The number of aromatic nitrogens is 4. The van der Waals surface area contributed by atoms with E-state index >= 15 is 0 Å². The molecule has 5 heterocycles. The molecule has 0 saturated carbocycles. The first-order valence-electron chi connectivity index (χ1n) is 29.0. The monoisotopic (exact) mass is 1380 g/mol. The van der Waals surface area contributed by atoms with Gasteiger partial charge < -0.3 is 28.8 Å². The van der Waals surface area contributed by atoms with Crippen LogP contribution in [0.5, 0.6) is 0 Å². The normalized spacial score (nSPS) is 13.6. The van der Waals surface area contributed by atoms with Crippen molar-refractivity contribution in [2.75, 3.05) is 49.3 Å². The third-order valence-corrected chi connectivity index (χ3v) is 19.4. The summed E-state index contributed by atoms with van der Waals surface area (Å²) in [5.74, 6) is -1.86. The highest BCUT2D eigenvalue weighted by atomic mass is 79.9. The molecule has 2 amide bonds. The minimum atomic E-state index is -3.71. The zero-order chi connectivity index (χ0) is 67.5. The molecule has 0 radical (unpaired) electrons. The van der Waals surface area contributed by atoms with Gasteiger partial charge in [-0.1, -0.05) is 34.1 Å². The third kappa shape index (κ3) is 12.9. The molecule has 26 heteroatoms. The van der Waals surface area contributed by atoms with Gasteiger partial charge in [-0.05, 0) is 161 Å². The predicted molar refractivity (Wildman–Crippen MR) is 361 cm³/mol. The number of furan rings is 2. The Labute approximate surface area is 547 Å². The van der Waals surface area contributed by atoms with Crippen molar-refractivity contribution in [3.63, 3.8) is 0 Å². The quantitative estimate of drug-likeness (QED) is 0.0863. The van der Waals surface area contributed by atoms with E-state index in [4.69, 9.17) is 18.1 Å². The van der Waals surface area contributed by atoms with Gasteiger partial charge in [0.2, 0.25) is 20.0 Å². The fourth-order valence-electron chi connectivity index (χ4n) is 10.6. The van der Waals surface area contributed by atoms with Crippen LogP contribution >= 0.6 is 15.9 Å². The Morgan fingerprint density at radius 3 is 1.34 bits per heavy atom. The fraction of sp³-hybridized carbons (Fsp3) is 0.176. The first-order chi connectivity index (χ1) is 44.4. The molecule has 12 aromatic rings. The molecule has 2 N–H and O–H groups in total. The van der Waals surface area contributed by atoms with Gasteiger partial charge in [-0.15, -0.1) is 0 Å². The van der Waals surface area contributed by atoms with Gasteiger partial charge in [-0.3, -0.25) is 18.2 Å². The van der Waals surface area contributed by atoms with Crippen molar-refractivity contribution in [1.82, 2.24) is 30.2 Å². The van der Waals surface area contributed by atoms with Crippen molar-refractivity contribution in [3.05, 3.63) is 209 Å². The summed E-state index contributed by atoms with van der Waals surface area (Å²) in [5, 5.41) is 16.8. The number of rotatable bonds is 12. The van der Waals surface area contributed by atoms with E-state index < -0.39 is 61.8 Å². The van der Waals surface area contributed by atoms with Gasteiger partial charge in [-0.2, -0.15) is 10.2 Å². The summed E-state index contributed by atoms with van der Waals surface area (Å²) in [4.78, 5) is 26.1. The van der Waals surface area contributed by atoms with E-state index in [-0.39, 0.29) is 45.4 Å². The van der Waals surface area contributed by atoms with Crippen LogP contribution in [0.15, 0.2) is 183 Å². The van der Waals surface area contributed by atoms with Crippen molar-refractivity contribution in [2.24, 2.45) is 0 Å². The first kappa shape index (κ1) is 65.9. The van der Waals surface area contributed by atoms with Gasteiger partial charge >= 0.3 is 7.12 Å². The summed E-state index contributed by atoms with van der Waals surface area (Å²) in [7, 11) is -2.41. The topological polar surface area (TPSA) is 213 Å². The molecular weight excluding hydrogens is 1320 g/mol. The van der Waals surface area contributed by atoms with Crippen molar-refractivity contribution in [3.8, 4) is 45.1 Å². The Bertz CT molecular complexity index is 5150. The van der Waals surface area contributed by atoms with Gasteiger partial charge in [0, 0.05) is 88.5 Å². The molecule has 0 aliphatic carbocycles. The second-order valence-corrected chi connectivity index (χ2v) is 28.1. The predicted octanol–water partition coefficient (Wildman–Crippen LogP) is 13.4. The molecular formula is C68H60BBrF4N8O10S2. The van der Waals surface area contributed by atoms with Gasteiger partial charge in [0.1, 0.15) is 46.0 Å². The number of amides is 2. The number of carbonyl (C=O) groups is 2. The number of halogens is 5. The summed E-state index contributed by atoms with van der Waals surface area (Å²) in [6.07, 6.45) is 5.66. The molecule has 1 aliphatic heterocycles. The molecule has 0 bridgehead atoms. The summed E-state index contributed by atoms with van der Waals surface area (Å²) in [5.41, 5.74) is 6.05. The van der Waals surface area contributed by atoms with E-state index in [1.165, 1.54) is 101 Å². The number of anilines is 2. The fourth-order valence-corrected chi connectivity index (χ4v) is 12.0. The summed E-state index contributed by atoms with van der Waals surface area (Å²) < 4.78 is 135. The maximum absolute atomic E-state index is 13.7. The van der Waals surface area contributed by atoms with Crippen LogP contribution in [-0.4, -0.2) is 107 Å². The molecule has 94 heavy (non-hydrogen) atoms. The van der Waals surface area contributed by atoms with Gasteiger partial charge in [-0.25, -0.2) is 43.8 Å². The number of carbonyl (C=O) groups excluding carboxylic acids is 2. The molecule has 13 rings (SSSR count). The Balaban J connectivity index is 0.000000156. The Morgan fingerprint density at radius 1 is 0.521 bits per heavy atom. The summed E-state index contributed by atoms with van der Waals surface area (Å²) >= 11 is 3.43. The molecule has 0 spiro atoms. The largest absolute Gasteiger partial charge is 0.497 e. The molecule has 1 saturated heterocycles. The van der Waals surface area contributed by atoms with Crippen molar-refractivity contribution >= 4 is 115 Å². The van der Waals surface area contributed by atoms with Crippen LogP contribution in [0, 0.1) is 23.3 Å². The maximum Gasteiger partial charge on any atom is 0.497 e. The second-order valence-electron chi connectivity index (χ2n) is 23.1. The number of hydrogen-bond donors (Lipinski definition) is 2. The van der Waals surface area contributed by atoms with Crippen molar-refractivity contribution in [2.45, 2.75) is 38.9 Å². The second kappa shape index (κ2) is 25.4. The van der Waals surface area contributed by atoms with Crippen molar-refractivity contribution in [1.29, 1.82) is 0 Å². The van der Waals surface area contributed by atoms with Crippen molar-refractivity contribution < 1.29 is 62.1 Å². The molecule has 482 valence electrons. The smallest absolute Gasteiger partial charge is 0.455 e. The zero-order valence-electron chi connectivity index (χ0n) is 52.2. The Kier molecular flexibility index (Phi) is 17.8. The molecule has 4 aromatic heterocycles. The number of hydrogen-bond acceptors (Lipinski definition) is 12. The number of nitrogens with zero attached hydrogens (tertiary/aromatic N) is 6. The third-order valence-electron chi connectivity index (χ3n) is 16.5. The Hall–Kier alpha value is -9.60. The van der Waals surface area contributed by atoms with Crippen LogP contribution in [0.4, 0.5) is 28.9 Å². The van der Waals surface area contributed by atoms with Crippen LogP contribution in [0.3, 0.4) is 0 Å². The SMILES string of the molecule is CNC(=O)c1c(-c2ccc(F)cc2)oc2cc(N(C)S(C)(=O)=O)c(-c3ccc4cnn(-c5ccc(F)cc5)c4c3)cc12.CNC(=O)c1c(-c2ccc(F)cc2)oc2cc(N(C)S(C)(=O)=O)c(B3OC(C)(C)C(C)(C)O3)cc12.Fc1ccc(-n2ncc3ccc(Br)cc32)cc1. The van der Waals surface area contributed by atoms with E-state index in [9.17, 15) is 44.0 Å². The lowest BCUT2D eigenvalue weighted by atomic mass is 9.77. The lowest BCUT2D eigenvalue weighted by molar-refractivity contribution is 0.00578. The number of nitrogens with one attached hydrogen (secondary N) is 2. The number of sulfonamides is 2. The minimum absolute atomic E-state index is 0.222.